The number of halogens is 1. The number of hydrogen-bond donors (Lipinski definition) is 1. The summed E-state index contributed by atoms with van der Waals surface area (Å²) in [5, 5.41) is 16.5. The first-order valence-electron chi connectivity index (χ1n) is 5.99. The number of sulfone groups is 1. The normalized spacial score (nSPS) is 11.7. The van der Waals surface area contributed by atoms with Gasteiger partial charge in [-0.1, -0.05) is 21.1 Å². The molecule has 0 aliphatic heterocycles. The second kappa shape index (κ2) is 6.47. The third-order valence-corrected chi connectivity index (χ3v) is 4.96. The van der Waals surface area contributed by atoms with Crippen LogP contribution in [0.2, 0.25) is 0 Å². The minimum absolute atomic E-state index is 0.00408. The Morgan fingerprint density at radius 3 is 2.60 bits per heavy atom. The lowest BCUT2D eigenvalue weighted by molar-refractivity contribution is 0.298. The zero-order valence-electron chi connectivity index (χ0n) is 10.6. The molecule has 20 heavy (non-hydrogen) atoms. The van der Waals surface area contributed by atoms with Crippen molar-refractivity contribution in [3.05, 3.63) is 40.6 Å². The van der Waals surface area contributed by atoms with Crippen LogP contribution in [0.1, 0.15) is 5.69 Å². The van der Waals surface area contributed by atoms with Gasteiger partial charge in [0.2, 0.25) is 0 Å². The van der Waals surface area contributed by atoms with Crippen LogP contribution in [0.15, 0.2) is 39.8 Å². The maximum atomic E-state index is 12.1. The molecule has 1 heterocycles. The van der Waals surface area contributed by atoms with Crippen LogP contribution in [0, 0.1) is 0 Å². The lowest BCUT2D eigenvalue weighted by Crippen LogP contribution is -2.13. The van der Waals surface area contributed by atoms with Gasteiger partial charge < -0.3 is 5.11 Å². The summed E-state index contributed by atoms with van der Waals surface area (Å²) in [6.07, 6.45) is 2.06. The third-order valence-electron chi connectivity index (χ3n) is 2.72. The smallest absolute Gasteiger partial charge is 0.180 e. The molecule has 1 aromatic carbocycles. The predicted molar refractivity (Wildman–Crippen MR) is 77.0 cm³/mol. The number of hydrogen-bond acceptors (Lipinski definition) is 5. The molecule has 1 N–H and O–H groups in total. The van der Waals surface area contributed by atoms with Crippen molar-refractivity contribution in [2.24, 2.45) is 0 Å². The van der Waals surface area contributed by atoms with E-state index < -0.39 is 9.84 Å². The zero-order valence-corrected chi connectivity index (χ0v) is 13.0. The van der Waals surface area contributed by atoms with Gasteiger partial charge in [0.1, 0.15) is 0 Å². The molecule has 0 bridgehead atoms. The highest BCUT2D eigenvalue weighted by molar-refractivity contribution is 9.10. The average Bonchev–Trinajstić information content (AvgIpc) is 2.85. The van der Waals surface area contributed by atoms with Crippen molar-refractivity contribution in [1.82, 2.24) is 15.0 Å². The molecule has 0 aliphatic rings. The molecule has 0 radical (unpaired) electrons. The second-order valence-corrected chi connectivity index (χ2v) is 7.24. The Hall–Kier alpha value is -1.25. The summed E-state index contributed by atoms with van der Waals surface area (Å²) in [5.74, 6) is -0.0451. The largest absolute Gasteiger partial charge is 0.396 e. The summed E-state index contributed by atoms with van der Waals surface area (Å²) >= 11 is 3.27. The highest BCUT2D eigenvalue weighted by Gasteiger charge is 2.14. The van der Waals surface area contributed by atoms with E-state index in [2.05, 4.69) is 26.2 Å². The molecule has 1 aromatic heterocycles. The maximum Gasteiger partial charge on any atom is 0.180 e. The van der Waals surface area contributed by atoms with E-state index in [4.69, 9.17) is 5.11 Å². The van der Waals surface area contributed by atoms with E-state index >= 15 is 0 Å². The molecule has 6 nitrogen and oxygen atoms in total. The van der Waals surface area contributed by atoms with Crippen LogP contribution in [0.3, 0.4) is 0 Å². The minimum Gasteiger partial charge on any atom is -0.396 e. The van der Waals surface area contributed by atoms with E-state index in [0.29, 0.717) is 12.1 Å². The molecule has 0 spiro atoms. The summed E-state index contributed by atoms with van der Waals surface area (Å²) in [5.41, 5.74) is 0.647. The topological polar surface area (TPSA) is 85.1 Å². The van der Waals surface area contributed by atoms with Gasteiger partial charge >= 0.3 is 0 Å². The van der Waals surface area contributed by atoms with Gasteiger partial charge in [-0.3, -0.25) is 4.68 Å². The Morgan fingerprint density at radius 1 is 1.25 bits per heavy atom. The molecule has 0 amide bonds. The molecule has 108 valence electrons. The van der Waals surface area contributed by atoms with E-state index in [0.717, 1.165) is 4.47 Å². The molecule has 2 rings (SSSR count). The van der Waals surface area contributed by atoms with Crippen molar-refractivity contribution in [2.45, 2.75) is 17.9 Å². The van der Waals surface area contributed by atoms with Crippen molar-refractivity contribution < 1.29 is 13.5 Å². The number of nitrogens with zero attached hydrogens (tertiary/aromatic N) is 3. The van der Waals surface area contributed by atoms with Crippen LogP contribution >= 0.6 is 15.9 Å². The highest BCUT2D eigenvalue weighted by atomic mass is 79.9. The van der Waals surface area contributed by atoms with Gasteiger partial charge in [-0.25, -0.2) is 8.42 Å². The maximum absolute atomic E-state index is 12.1. The lowest BCUT2D eigenvalue weighted by atomic mass is 10.3. The van der Waals surface area contributed by atoms with Crippen LogP contribution in [0.25, 0.3) is 0 Å². The van der Waals surface area contributed by atoms with Gasteiger partial charge in [0.25, 0.3) is 0 Å². The fraction of sp³-hybridized carbons (Fsp3) is 0.333. The van der Waals surface area contributed by atoms with E-state index in [9.17, 15) is 8.42 Å². The summed E-state index contributed by atoms with van der Waals surface area (Å²) in [6.45, 7) is 0.229. The first kappa shape index (κ1) is 15.1. The number of aryl methyl sites for hydroxylation is 1. The number of aromatic nitrogens is 3. The van der Waals surface area contributed by atoms with Crippen LogP contribution in [-0.2, 0) is 22.8 Å². The second-order valence-electron chi connectivity index (χ2n) is 4.22. The van der Waals surface area contributed by atoms with Gasteiger partial charge in [0, 0.05) is 23.7 Å². The Kier molecular flexibility index (Phi) is 4.90. The van der Waals surface area contributed by atoms with Crippen molar-refractivity contribution in [3.63, 3.8) is 0 Å². The predicted octanol–water partition coefficient (Wildman–Crippen LogP) is 1.05. The summed E-state index contributed by atoms with van der Waals surface area (Å²) in [6, 6.07) is 6.53. The summed E-state index contributed by atoms with van der Waals surface area (Å²) < 4.78 is 26.6. The van der Waals surface area contributed by atoms with Gasteiger partial charge in [-0.15, -0.1) is 5.10 Å². The van der Waals surface area contributed by atoms with Gasteiger partial charge in [-0.2, -0.15) is 0 Å². The van der Waals surface area contributed by atoms with E-state index in [-0.39, 0.29) is 23.8 Å². The summed E-state index contributed by atoms with van der Waals surface area (Å²) in [7, 11) is -3.34. The summed E-state index contributed by atoms with van der Waals surface area (Å²) in [4.78, 5) is 0.288. The number of aliphatic hydroxyl groups excluding tert-OH is 1. The Bertz CT molecular complexity index is 668. The fourth-order valence-corrected chi connectivity index (χ4v) is 3.13. The zero-order chi connectivity index (χ0) is 14.6. The SMILES string of the molecule is O=S(=O)(CCn1cc(CCO)nn1)c1ccc(Br)cc1. The number of rotatable bonds is 6. The Balaban J connectivity index is 2.03. The first-order chi connectivity index (χ1) is 9.51. The molecule has 0 saturated carbocycles. The molecule has 2 aromatic rings. The van der Waals surface area contributed by atoms with Crippen LogP contribution < -0.4 is 0 Å². The van der Waals surface area contributed by atoms with Gasteiger partial charge in [-0.05, 0) is 24.3 Å². The van der Waals surface area contributed by atoms with Gasteiger partial charge in [0.15, 0.2) is 9.84 Å². The van der Waals surface area contributed by atoms with Crippen LogP contribution in [0.5, 0.6) is 0 Å². The molecule has 0 unspecified atom stereocenters. The Labute approximate surface area is 125 Å². The van der Waals surface area contributed by atoms with E-state index in [1.165, 1.54) is 4.68 Å². The van der Waals surface area contributed by atoms with Crippen molar-refractivity contribution in [3.8, 4) is 0 Å². The molecule has 8 heteroatoms. The van der Waals surface area contributed by atoms with Crippen LogP contribution in [-0.4, -0.2) is 40.9 Å². The molecule has 0 aliphatic carbocycles. The standard InChI is InChI=1S/C12H14BrN3O3S/c13-10-1-3-12(4-2-10)20(18,19)8-6-16-9-11(5-7-17)14-15-16/h1-4,9,17H,5-8H2. The average molecular weight is 360 g/mol. The number of benzene rings is 1. The minimum atomic E-state index is -3.34. The third kappa shape index (κ3) is 3.87. The van der Waals surface area contributed by atoms with Gasteiger partial charge in [0.05, 0.1) is 22.9 Å². The van der Waals surface area contributed by atoms with Crippen LogP contribution in [0.4, 0.5) is 0 Å². The molecule has 0 atom stereocenters. The van der Waals surface area contributed by atoms with Crippen molar-refractivity contribution in [2.75, 3.05) is 12.4 Å². The Morgan fingerprint density at radius 2 is 1.95 bits per heavy atom. The van der Waals surface area contributed by atoms with Crippen molar-refractivity contribution in [1.29, 1.82) is 0 Å². The highest BCUT2D eigenvalue weighted by Crippen LogP contribution is 2.16. The first-order valence-corrected chi connectivity index (χ1v) is 8.44. The fourth-order valence-electron chi connectivity index (χ4n) is 1.65. The molecular formula is C12H14BrN3O3S. The van der Waals surface area contributed by atoms with Crippen molar-refractivity contribution >= 4 is 25.8 Å². The van der Waals surface area contributed by atoms with E-state index in [1.54, 1.807) is 30.5 Å². The lowest BCUT2D eigenvalue weighted by Gasteiger charge is -2.04. The molecule has 0 saturated heterocycles. The van der Waals surface area contributed by atoms with E-state index in [1.807, 2.05) is 0 Å². The monoisotopic (exact) mass is 359 g/mol. The number of aliphatic hydroxyl groups is 1. The molecule has 0 fully saturated rings. The molecular weight excluding hydrogens is 346 g/mol. The quantitative estimate of drug-likeness (QED) is 0.832.